The predicted octanol–water partition coefficient (Wildman–Crippen LogP) is 4.02. The Labute approximate surface area is 131 Å². The molecule has 0 fully saturated rings. The highest BCUT2D eigenvalue weighted by Gasteiger charge is 2.17. The molecule has 3 heteroatoms. The van der Waals surface area contributed by atoms with Gasteiger partial charge in [-0.15, -0.1) is 0 Å². The molecule has 0 spiro atoms. The van der Waals surface area contributed by atoms with Crippen LogP contribution in [0.1, 0.15) is 17.2 Å². The van der Waals surface area contributed by atoms with Gasteiger partial charge in [-0.2, -0.15) is 0 Å². The number of benzene rings is 2. The van der Waals surface area contributed by atoms with Crippen molar-refractivity contribution in [2.45, 2.75) is 6.10 Å². The molecule has 0 saturated heterocycles. The van der Waals surface area contributed by atoms with Crippen LogP contribution >= 0.6 is 11.6 Å². The van der Waals surface area contributed by atoms with Gasteiger partial charge in [-0.25, -0.2) is 0 Å². The first kappa shape index (κ1) is 15.8. The van der Waals surface area contributed by atoms with Crippen molar-refractivity contribution in [2.24, 2.45) is 0 Å². The summed E-state index contributed by atoms with van der Waals surface area (Å²) < 4.78 is 0. The molecule has 2 aromatic rings. The molecule has 2 nitrogen and oxygen atoms in total. The van der Waals surface area contributed by atoms with Crippen LogP contribution in [0.2, 0.25) is 5.02 Å². The van der Waals surface area contributed by atoms with Gasteiger partial charge >= 0.3 is 0 Å². The monoisotopic (exact) mass is 301 g/mol. The number of hydrogen-bond donors (Lipinski definition) is 1. The predicted molar refractivity (Wildman–Crippen MR) is 89.4 cm³/mol. The second-order valence-corrected chi connectivity index (χ2v) is 5.62. The molecule has 2 aromatic carbocycles. The lowest BCUT2D eigenvalue weighted by Gasteiger charge is -2.18. The first-order chi connectivity index (χ1) is 10.1. The van der Waals surface area contributed by atoms with Gasteiger partial charge in [-0.05, 0) is 36.9 Å². The molecule has 0 aliphatic heterocycles. The second kappa shape index (κ2) is 7.41. The summed E-state index contributed by atoms with van der Waals surface area (Å²) in [7, 11) is 3.99. The Morgan fingerprint density at radius 2 is 1.71 bits per heavy atom. The van der Waals surface area contributed by atoms with E-state index in [2.05, 4.69) is 4.90 Å². The standard InChI is InChI=1S/C18H20ClNO/c1-20(2)13-12-16(15-10-6-7-11-17(15)19)18(21)14-8-4-3-5-9-14/h3-12,18,21H,13H2,1-2H3. The molecule has 21 heavy (non-hydrogen) atoms. The van der Waals surface area contributed by atoms with E-state index in [1.165, 1.54) is 0 Å². The molecule has 2 rings (SSSR count). The lowest BCUT2D eigenvalue weighted by Crippen LogP contribution is -2.12. The lowest BCUT2D eigenvalue weighted by molar-refractivity contribution is 0.237. The third-order valence-electron chi connectivity index (χ3n) is 3.27. The van der Waals surface area contributed by atoms with Gasteiger partial charge < -0.3 is 10.0 Å². The van der Waals surface area contributed by atoms with Crippen LogP contribution in [-0.4, -0.2) is 30.6 Å². The van der Waals surface area contributed by atoms with E-state index in [4.69, 9.17) is 11.6 Å². The number of aliphatic hydroxyl groups excluding tert-OH is 1. The van der Waals surface area contributed by atoms with Crippen LogP contribution in [0, 0.1) is 0 Å². The molecule has 110 valence electrons. The zero-order valence-corrected chi connectivity index (χ0v) is 13.1. The fourth-order valence-electron chi connectivity index (χ4n) is 2.16. The van der Waals surface area contributed by atoms with Crippen LogP contribution in [0.4, 0.5) is 0 Å². The molecule has 0 radical (unpaired) electrons. The van der Waals surface area contributed by atoms with Crippen LogP contribution in [0.5, 0.6) is 0 Å². The maximum Gasteiger partial charge on any atom is 0.104 e. The Hall–Kier alpha value is -1.61. The summed E-state index contributed by atoms with van der Waals surface area (Å²) in [6.45, 7) is 0.741. The normalized spacial score (nSPS) is 13.5. The molecular weight excluding hydrogens is 282 g/mol. The van der Waals surface area contributed by atoms with E-state index in [0.29, 0.717) is 5.02 Å². The molecule has 1 unspecified atom stereocenters. The van der Waals surface area contributed by atoms with Crippen molar-refractivity contribution in [3.05, 3.63) is 76.8 Å². The fourth-order valence-corrected chi connectivity index (χ4v) is 2.40. The summed E-state index contributed by atoms with van der Waals surface area (Å²) in [5.41, 5.74) is 2.57. The summed E-state index contributed by atoms with van der Waals surface area (Å²) in [6, 6.07) is 17.2. The van der Waals surface area contributed by atoms with Crippen LogP contribution in [-0.2, 0) is 0 Å². The average Bonchev–Trinajstić information content (AvgIpc) is 2.49. The quantitative estimate of drug-likeness (QED) is 0.901. The van der Waals surface area contributed by atoms with Crippen LogP contribution < -0.4 is 0 Å². The van der Waals surface area contributed by atoms with Gasteiger partial charge in [-0.1, -0.05) is 66.2 Å². The second-order valence-electron chi connectivity index (χ2n) is 5.21. The number of aliphatic hydroxyl groups is 1. The van der Waals surface area contributed by atoms with Crippen molar-refractivity contribution >= 4 is 17.2 Å². The topological polar surface area (TPSA) is 23.5 Å². The van der Waals surface area contributed by atoms with E-state index >= 15 is 0 Å². The Kier molecular flexibility index (Phi) is 5.57. The first-order valence-corrected chi connectivity index (χ1v) is 7.30. The number of nitrogens with zero attached hydrogens (tertiary/aromatic N) is 1. The first-order valence-electron chi connectivity index (χ1n) is 6.92. The summed E-state index contributed by atoms with van der Waals surface area (Å²) in [6.07, 6.45) is 1.34. The summed E-state index contributed by atoms with van der Waals surface area (Å²) in [5, 5.41) is 11.4. The largest absolute Gasteiger partial charge is 0.384 e. The maximum absolute atomic E-state index is 10.7. The number of rotatable bonds is 5. The third kappa shape index (κ3) is 4.18. The maximum atomic E-state index is 10.7. The highest BCUT2D eigenvalue weighted by molar-refractivity contribution is 6.32. The molecule has 0 amide bonds. The highest BCUT2D eigenvalue weighted by atomic mass is 35.5. The van der Waals surface area contributed by atoms with E-state index in [-0.39, 0.29) is 0 Å². The minimum atomic E-state index is -0.689. The molecule has 0 aromatic heterocycles. The average molecular weight is 302 g/mol. The van der Waals surface area contributed by atoms with Crippen LogP contribution in [0.3, 0.4) is 0 Å². The smallest absolute Gasteiger partial charge is 0.104 e. The Balaban J connectivity index is 2.42. The highest BCUT2D eigenvalue weighted by Crippen LogP contribution is 2.33. The van der Waals surface area contributed by atoms with Gasteiger partial charge in [0.15, 0.2) is 0 Å². The number of hydrogen-bond acceptors (Lipinski definition) is 2. The van der Waals surface area contributed by atoms with Crippen molar-refractivity contribution in [2.75, 3.05) is 20.6 Å². The molecule has 1 atom stereocenters. The van der Waals surface area contributed by atoms with Gasteiger partial charge in [0.2, 0.25) is 0 Å². The van der Waals surface area contributed by atoms with Gasteiger partial charge in [0.1, 0.15) is 6.10 Å². The number of likely N-dealkylation sites (N-methyl/N-ethyl adjacent to an activating group) is 1. The van der Waals surface area contributed by atoms with Gasteiger partial charge in [0, 0.05) is 11.6 Å². The van der Waals surface area contributed by atoms with E-state index in [1.54, 1.807) is 0 Å². The molecule has 0 aliphatic rings. The molecular formula is C18H20ClNO. The van der Waals surface area contributed by atoms with E-state index < -0.39 is 6.10 Å². The Morgan fingerprint density at radius 3 is 2.33 bits per heavy atom. The minimum Gasteiger partial charge on any atom is -0.384 e. The van der Waals surface area contributed by atoms with Crippen molar-refractivity contribution in [1.29, 1.82) is 0 Å². The zero-order chi connectivity index (χ0) is 15.2. The minimum absolute atomic E-state index is 0.650. The SMILES string of the molecule is CN(C)CC=C(c1ccccc1Cl)C(O)c1ccccc1. The molecule has 0 heterocycles. The Morgan fingerprint density at radius 1 is 1.10 bits per heavy atom. The van der Waals surface area contributed by atoms with Crippen molar-refractivity contribution < 1.29 is 5.11 Å². The van der Waals surface area contributed by atoms with E-state index in [0.717, 1.165) is 23.2 Å². The molecule has 0 bridgehead atoms. The third-order valence-corrected chi connectivity index (χ3v) is 3.60. The van der Waals surface area contributed by atoms with Crippen molar-refractivity contribution in [3.8, 4) is 0 Å². The molecule has 0 saturated carbocycles. The van der Waals surface area contributed by atoms with Gasteiger partial charge in [-0.3, -0.25) is 0 Å². The summed E-state index contributed by atoms with van der Waals surface area (Å²) >= 11 is 6.30. The van der Waals surface area contributed by atoms with Gasteiger partial charge in [0.05, 0.1) is 0 Å². The van der Waals surface area contributed by atoms with E-state index in [1.807, 2.05) is 74.8 Å². The number of halogens is 1. The molecule has 1 N–H and O–H groups in total. The van der Waals surface area contributed by atoms with Crippen LogP contribution in [0.15, 0.2) is 60.7 Å². The van der Waals surface area contributed by atoms with Crippen molar-refractivity contribution in [1.82, 2.24) is 4.90 Å². The lowest BCUT2D eigenvalue weighted by atomic mass is 9.94. The zero-order valence-electron chi connectivity index (χ0n) is 12.3. The van der Waals surface area contributed by atoms with Gasteiger partial charge in [0.25, 0.3) is 0 Å². The fraction of sp³-hybridized carbons (Fsp3) is 0.222. The summed E-state index contributed by atoms with van der Waals surface area (Å²) in [5.74, 6) is 0. The van der Waals surface area contributed by atoms with Crippen LogP contribution in [0.25, 0.3) is 5.57 Å². The van der Waals surface area contributed by atoms with E-state index in [9.17, 15) is 5.11 Å². The van der Waals surface area contributed by atoms with Crippen molar-refractivity contribution in [3.63, 3.8) is 0 Å². The Bertz CT molecular complexity index is 608. The molecule has 0 aliphatic carbocycles. The summed E-state index contributed by atoms with van der Waals surface area (Å²) in [4.78, 5) is 2.05.